The van der Waals surface area contributed by atoms with Gasteiger partial charge in [-0.25, -0.2) is 0 Å². The van der Waals surface area contributed by atoms with E-state index in [1.165, 1.54) is 5.56 Å². The molecule has 1 nitrogen and oxygen atoms in total. The second-order valence-electron chi connectivity index (χ2n) is 4.50. The van der Waals surface area contributed by atoms with Gasteiger partial charge in [-0.05, 0) is 37.6 Å². The lowest BCUT2D eigenvalue weighted by Gasteiger charge is -2.18. The molecule has 2 rings (SSSR count). The summed E-state index contributed by atoms with van der Waals surface area (Å²) in [7, 11) is 0. The zero-order chi connectivity index (χ0) is 14.0. The van der Waals surface area contributed by atoms with Gasteiger partial charge in [0.1, 0.15) is 0 Å². The minimum atomic E-state index is 0.0463. The Labute approximate surface area is 128 Å². The highest BCUT2D eigenvalue weighted by Crippen LogP contribution is 2.36. The van der Waals surface area contributed by atoms with E-state index in [1.54, 1.807) is 6.07 Å². The third kappa shape index (κ3) is 3.36. The summed E-state index contributed by atoms with van der Waals surface area (Å²) in [5.41, 5.74) is 3.20. The second kappa shape index (κ2) is 6.04. The van der Waals surface area contributed by atoms with E-state index in [2.05, 4.69) is 24.4 Å². The van der Waals surface area contributed by atoms with Crippen molar-refractivity contribution in [3.63, 3.8) is 0 Å². The quantitative estimate of drug-likeness (QED) is 0.672. The molecule has 100 valence electrons. The SMILES string of the molecule is Cc1ccc(NC(C)c2ccc(Cl)c(Cl)c2Cl)cc1. The molecule has 2 aromatic carbocycles. The maximum atomic E-state index is 6.23. The Bertz CT molecular complexity index is 579. The fourth-order valence-electron chi connectivity index (χ4n) is 1.85. The Morgan fingerprint density at radius 3 is 2.16 bits per heavy atom. The lowest BCUT2D eigenvalue weighted by molar-refractivity contribution is 0.885. The number of hydrogen-bond donors (Lipinski definition) is 1. The number of nitrogens with one attached hydrogen (secondary N) is 1. The number of anilines is 1. The fourth-order valence-corrected chi connectivity index (χ4v) is 2.56. The third-order valence-corrected chi connectivity index (χ3v) is 4.27. The number of hydrogen-bond acceptors (Lipinski definition) is 1. The molecule has 0 saturated carbocycles. The monoisotopic (exact) mass is 313 g/mol. The van der Waals surface area contributed by atoms with Crippen LogP contribution in [0.5, 0.6) is 0 Å². The molecule has 0 radical (unpaired) electrons. The highest BCUT2D eigenvalue weighted by molar-refractivity contribution is 6.48. The lowest BCUT2D eigenvalue weighted by atomic mass is 10.1. The first kappa shape index (κ1) is 14.5. The minimum absolute atomic E-state index is 0.0463. The Morgan fingerprint density at radius 2 is 1.53 bits per heavy atom. The van der Waals surface area contributed by atoms with Gasteiger partial charge in [0.15, 0.2) is 0 Å². The molecular weight excluding hydrogens is 301 g/mol. The van der Waals surface area contributed by atoms with Crippen LogP contribution in [-0.2, 0) is 0 Å². The predicted octanol–water partition coefficient (Wildman–Crippen LogP) is 6.13. The zero-order valence-electron chi connectivity index (χ0n) is 10.7. The topological polar surface area (TPSA) is 12.0 Å². The molecule has 1 atom stereocenters. The summed E-state index contributed by atoms with van der Waals surface area (Å²) >= 11 is 18.2. The van der Waals surface area contributed by atoms with Crippen LogP contribution in [0.2, 0.25) is 15.1 Å². The van der Waals surface area contributed by atoms with Gasteiger partial charge in [0, 0.05) is 5.69 Å². The van der Waals surface area contributed by atoms with Gasteiger partial charge in [-0.1, -0.05) is 58.6 Å². The molecule has 4 heteroatoms. The Hall–Kier alpha value is -0.890. The number of benzene rings is 2. The highest BCUT2D eigenvalue weighted by Gasteiger charge is 2.14. The van der Waals surface area contributed by atoms with E-state index in [1.807, 2.05) is 25.1 Å². The van der Waals surface area contributed by atoms with E-state index in [4.69, 9.17) is 34.8 Å². The van der Waals surface area contributed by atoms with E-state index in [0.717, 1.165) is 11.3 Å². The van der Waals surface area contributed by atoms with Crippen molar-refractivity contribution in [2.24, 2.45) is 0 Å². The van der Waals surface area contributed by atoms with Gasteiger partial charge >= 0.3 is 0 Å². The highest BCUT2D eigenvalue weighted by atomic mass is 35.5. The van der Waals surface area contributed by atoms with Gasteiger partial charge in [0.25, 0.3) is 0 Å². The summed E-state index contributed by atoms with van der Waals surface area (Å²) in [5.74, 6) is 0. The van der Waals surface area contributed by atoms with Crippen molar-refractivity contribution in [1.29, 1.82) is 0 Å². The molecule has 0 aliphatic carbocycles. The average molecular weight is 315 g/mol. The van der Waals surface area contributed by atoms with Gasteiger partial charge in [-0.3, -0.25) is 0 Å². The predicted molar refractivity (Wildman–Crippen MR) is 84.7 cm³/mol. The molecule has 0 amide bonds. The second-order valence-corrected chi connectivity index (χ2v) is 5.66. The van der Waals surface area contributed by atoms with E-state index >= 15 is 0 Å². The van der Waals surface area contributed by atoms with Gasteiger partial charge in [-0.2, -0.15) is 0 Å². The van der Waals surface area contributed by atoms with Crippen LogP contribution < -0.4 is 5.32 Å². The molecule has 1 N–H and O–H groups in total. The van der Waals surface area contributed by atoms with Crippen LogP contribution in [-0.4, -0.2) is 0 Å². The van der Waals surface area contributed by atoms with Crippen LogP contribution in [0.25, 0.3) is 0 Å². The van der Waals surface area contributed by atoms with Crippen molar-refractivity contribution in [2.75, 3.05) is 5.32 Å². The van der Waals surface area contributed by atoms with E-state index < -0.39 is 0 Å². The molecule has 19 heavy (non-hydrogen) atoms. The van der Waals surface area contributed by atoms with Crippen molar-refractivity contribution >= 4 is 40.5 Å². The summed E-state index contributed by atoms with van der Waals surface area (Å²) in [5, 5.41) is 4.76. The third-order valence-electron chi connectivity index (χ3n) is 2.97. The van der Waals surface area contributed by atoms with Crippen molar-refractivity contribution in [3.05, 3.63) is 62.6 Å². The molecule has 1 unspecified atom stereocenters. The van der Waals surface area contributed by atoms with Crippen LogP contribution in [0.3, 0.4) is 0 Å². The Kier molecular flexibility index (Phi) is 4.62. The number of aryl methyl sites for hydroxylation is 1. The molecular formula is C15H14Cl3N. The average Bonchev–Trinajstić information content (AvgIpc) is 2.39. The van der Waals surface area contributed by atoms with Gasteiger partial charge in [0.05, 0.1) is 21.1 Å². The maximum Gasteiger partial charge on any atom is 0.0782 e. The summed E-state index contributed by atoms with van der Waals surface area (Å²) < 4.78 is 0. The minimum Gasteiger partial charge on any atom is -0.378 e. The first-order valence-corrected chi connectivity index (χ1v) is 7.09. The van der Waals surface area contributed by atoms with Crippen LogP contribution in [0, 0.1) is 6.92 Å². The Morgan fingerprint density at radius 1 is 0.895 bits per heavy atom. The Balaban J connectivity index is 2.23. The number of rotatable bonds is 3. The molecule has 0 aliphatic rings. The molecule has 0 aliphatic heterocycles. The van der Waals surface area contributed by atoms with E-state index in [-0.39, 0.29) is 6.04 Å². The lowest BCUT2D eigenvalue weighted by Crippen LogP contribution is -2.07. The van der Waals surface area contributed by atoms with Gasteiger partial charge in [-0.15, -0.1) is 0 Å². The van der Waals surface area contributed by atoms with Gasteiger partial charge < -0.3 is 5.32 Å². The standard InChI is InChI=1S/C15H14Cl3N/c1-9-3-5-11(6-4-9)19-10(2)12-7-8-13(16)15(18)14(12)17/h3-8,10,19H,1-2H3. The summed E-state index contributed by atoms with van der Waals surface area (Å²) in [6.07, 6.45) is 0. The van der Waals surface area contributed by atoms with Gasteiger partial charge in [0.2, 0.25) is 0 Å². The van der Waals surface area contributed by atoms with Crippen molar-refractivity contribution in [3.8, 4) is 0 Å². The summed E-state index contributed by atoms with van der Waals surface area (Å²) in [6, 6.07) is 11.9. The summed E-state index contributed by atoms with van der Waals surface area (Å²) in [6.45, 7) is 4.09. The smallest absolute Gasteiger partial charge is 0.0782 e. The zero-order valence-corrected chi connectivity index (χ0v) is 12.9. The fraction of sp³-hybridized carbons (Fsp3) is 0.200. The normalized spacial score (nSPS) is 12.3. The molecule has 0 bridgehead atoms. The van der Waals surface area contributed by atoms with Crippen LogP contribution in [0.4, 0.5) is 5.69 Å². The maximum absolute atomic E-state index is 6.23. The molecule has 0 saturated heterocycles. The van der Waals surface area contributed by atoms with E-state index in [9.17, 15) is 0 Å². The first-order chi connectivity index (χ1) is 8.99. The van der Waals surface area contributed by atoms with Crippen LogP contribution >= 0.6 is 34.8 Å². The van der Waals surface area contributed by atoms with Crippen molar-refractivity contribution < 1.29 is 0 Å². The van der Waals surface area contributed by atoms with Crippen LogP contribution in [0.1, 0.15) is 24.1 Å². The molecule has 2 aromatic rings. The first-order valence-electron chi connectivity index (χ1n) is 5.95. The largest absolute Gasteiger partial charge is 0.378 e. The van der Waals surface area contributed by atoms with Crippen molar-refractivity contribution in [2.45, 2.75) is 19.9 Å². The number of halogens is 3. The molecule has 0 aromatic heterocycles. The molecule has 0 spiro atoms. The molecule has 0 heterocycles. The van der Waals surface area contributed by atoms with Crippen molar-refractivity contribution in [1.82, 2.24) is 0 Å². The molecule has 0 fully saturated rings. The van der Waals surface area contributed by atoms with E-state index in [0.29, 0.717) is 15.1 Å². The van der Waals surface area contributed by atoms with Crippen LogP contribution in [0.15, 0.2) is 36.4 Å². The summed E-state index contributed by atoms with van der Waals surface area (Å²) in [4.78, 5) is 0.